The predicted molar refractivity (Wildman–Crippen MR) is 115 cm³/mol. The Labute approximate surface area is 177 Å². The smallest absolute Gasteiger partial charge is 0.308 e. The van der Waals surface area contributed by atoms with Crippen LogP contribution in [0, 0.1) is 12.8 Å². The van der Waals surface area contributed by atoms with Crippen molar-refractivity contribution in [2.45, 2.75) is 38.5 Å². The van der Waals surface area contributed by atoms with Gasteiger partial charge >= 0.3 is 5.97 Å². The number of benzene rings is 2. The van der Waals surface area contributed by atoms with Crippen molar-refractivity contribution in [1.82, 2.24) is 0 Å². The number of nitrogens with zero attached hydrogens (tertiary/aromatic N) is 1. The highest BCUT2D eigenvalue weighted by Crippen LogP contribution is 2.34. The number of carbonyl (C=O) groups excluding carboxylic acids is 2. The first-order valence-corrected chi connectivity index (χ1v) is 11.3. The van der Waals surface area contributed by atoms with Crippen LogP contribution in [0.25, 0.3) is 0 Å². The normalized spacial score (nSPS) is 13.7. The zero-order chi connectivity index (χ0) is 21.9. The van der Waals surface area contributed by atoms with Crippen molar-refractivity contribution in [1.29, 1.82) is 0 Å². The Balaban J connectivity index is 1.82. The van der Waals surface area contributed by atoms with Crippen LogP contribution in [0.1, 0.15) is 31.4 Å². The number of rotatable bonds is 6. The highest BCUT2D eigenvalue weighted by Gasteiger charge is 2.29. The van der Waals surface area contributed by atoms with E-state index < -0.39 is 21.9 Å². The van der Waals surface area contributed by atoms with Crippen molar-refractivity contribution in [3.05, 3.63) is 53.6 Å². The molecule has 1 heterocycles. The summed E-state index contributed by atoms with van der Waals surface area (Å²) in [7, 11) is -3.72. The van der Waals surface area contributed by atoms with Crippen LogP contribution in [-0.2, 0) is 30.8 Å². The summed E-state index contributed by atoms with van der Waals surface area (Å²) < 4.78 is 32.8. The molecule has 0 unspecified atom stereocenters. The number of amides is 1. The fourth-order valence-electron chi connectivity index (χ4n) is 3.21. The summed E-state index contributed by atoms with van der Waals surface area (Å²) in [5, 5.41) is 2.67. The number of nitrogens with one attached hydrogen (secondary N) is 1. The summed E-state index contributed by atoms with van der Waals surface area (Å²) in [6.07, 6.45) is 1.48. The molecule has 1 aliphatic rings. The minimum absolute atomic E-state index is 0.232. The summed E-state index contributed by atoms with van der Waals surface area (Å²) in [6, 6.07) is 12.0. The summed E-state index contributed by atoms with van der Waals surface area (Å²) in [4.78, 5) is 23.9. The van der Waals surface area contributed by atoms with Gasteiger partial charge in [0.1, 0.15) is 0 Å². The Morgan fingerprint density at radius 2 is 1.83 bits per heavy atom. The number of aryl methyl sites for hydroxylation is 2. The minimum Gasteiger partial charge on any atom is -0.455 e. The second-order valence-corrected chi connectivity index (χ2v) is 9.51. The van der Waals surface area contributed by atoms with Gasteiger partial charge in [-0.15, -0.1) is 0 Å². The van der Waals surface area contributed by atoms with Gasteiger partial charge in [-0.3, -0.25) is 13.9 Å². The van der Waals surface area contributed by atoms with Gasteiger partial charge in [0.05, 0.1) is 16.5 Å². The van der Waals surface area contributed by atoms with Gasteiger partial charge in [-0.25, -0.2) is 8.42 Å². The number of fused-ring (bicyclic) bond motifs is 1. The van der Waals surface area contributed by atoms with Gasteiger partial charge in [0.25, 0.3) is 15.9 Å². The maximum atomic E-state index is 13.2. The Morgan fingerprint density at radius 3 is 2.50 bits per heavy atom. The molecule has 3 rings (SSSR count). The number of sulfonamides is 1. The maximum Gasteiger partial charge on any atom is 0.308 e. The van der Waals surface area contributed by atoms with Crippen molar-refractivity contribution in [3.8, 4) is 0 Å². The SMILES string of the molecule is Cc1ccc(S(=O)(=O)N2CCCc3ccc(NC(=O)COC(=O)C(C)C)cc32)cc1. The molecule has 0 atom stereocenters. The average Bonchev–Trinajstić information content (AvgIpc) is 2.71. The topological polar surface area (TPSA) is 92.8 Å². The third-order valence-electron chi connectivity index (χ3n) is 4.87. The second-order valence-electron chi connectivity index (χ2n) is 7.65. The molecule has 0 fully saturated rings. The molecule has 7 nitrogen and oxygen atoms in total. The van der Waals surface area contributed by atoms with Crippen molar-refractivity contribution < 1.29 is 22.7 Å². The molecule has 0 saturated heterocycles. The van der Waals surface area contributed by atoms with E-state index in [9.17, 15) is 18.0 Å². The van der Waals surface area contributed by atoms with Crippen molar-refractivity contribution in [2.75, 3.05) is 22.8 Å². The van der Waals surface area contributed by atoms with E-state index in [1.807, 2.05) is 13.0 Å². The van der Waals surface area contributed by atoms with E-state index in [0.29, 0.717) is 17.9 Å². The number of anilines is 2. The molecule has 30 heavy (non-hydrogen) atoms. The number of carbonyl (C=O) groups is 2. The summed E-state index contributed by atoms with van der Waals surface area (Å²) >= 11 is 0. The quantitative estimate of drug-likeness (QED) is 0.710. The van der Waals surface area contributed by atoms with Crippen LogP contribution in [-0.4, -0.2) is 33.4 Å². The van der Waals surface area contributed by atoms with E-state index in [4.69, 9.17) is 4.74 Å². The molecule has 0 bridgehead atoms. The third kappa shape index (κ3) is 4.81. The van der Waals surface area contributed by atoms with Gasteiger partial charge < -0.3 is 10.1 Å². The highest BCUT2D eigenvalue weighted by atomic mass is 32.2. The highest BCUT2D eigenvalue weighted by molar-refractivity contribution is 7.92. The van der Waals surface area contributed by atoms with Gasteiger partial charge in [-0.2, -0.15) is 0 Å². The van der Waals surface area contributed by atoms with Crippen molar-refractivity contribution >= 4 is 33.3 Å². The van der Waals surface area contributed by atoms with E-state index >= 15 is 0 Å². The predicted octanol–water partition coefficient (Wildman–Crippen LogP) is 3.27. The molecule has 8 heteroatoms. The average molecular weight is 431 g/mol. The molecule has 0 spiro atoms. The fraction of sp³-hybridized carbons (Fsp3) is 0.364. The van der Waals surface area contributed by atoms with E-state index in [2.05, 4.69) is 5.32 Å². The summed E-state index contributed by atoms with van der Waals surface area (Å²) in [5.41, 5.74) is 2.89. The number of esters is 1. The van der Waals surface area contributed by atoms with E-state index in [0.717, 1.165) is 24.0 Å². The molecule has 2 aromatic rings. The molecule has 0 aliphatic carbocycles. The second kappa shape index (κ2) is 8.87. The van der Waals surface area contributed by atoms with Gasteiger partial charge in [0, 0.05) is 12.2 Å². The maximum absolute atomic E-state index is 13.2. The van der Waals surface area contributed by atoms with Crippen LogP contribution in [0.5, 0.6) is 0 Å². The molecular weight excluding hydrogens is 404 g/mol. The van der Waals surface area contributed by atoms with E-state index in [1.165, 1.54) is 4.31 Å². The third-order valence-corrected chi connectivity index (χ3v) is 6.70. The van der Waals surface area contributed by atoms with E-state index in [1.54, 1.807) is 50.2 Å². The molecule has 160 valence electrons. The lowest BCUT2D eigenvalue weighted by molar-refractivity contribution is -0.150. The summed E-state index contributed by atoms with van der Waals surface area (Å²) in [5.74, 6) is -1.25. The van der Waals surface area contributed by atoms with E-state index in [-0.39, 0.29) is 17.4 Å². The van der Waals surface area contributed by atoms with Gasteiger partial charge in [0.15, 0.2) is 6.61 Å². The molecular formula is C22H26N2O5S. The molecule has 0 aromatic heterocycles. The lowest BCUT2D eigenvalue weighted by atomic mass is 10.0. The number of hydrogen-bond donors (Lipinski definition) is 1. The first-order valence-electron chi connectivity index (χ1n) is 9.87. The monoisotopic (exact) mass is 430 g/mol. The fourth-order valence-corrected chi connectivity index (χ4v) is 4.74. The molecule has 0 radical (unpaired) electrons. The molecule has 1 aliphatic heterocycles. The standard InChI is InChI=1S/C22H26N2O5S/c1-15(2)22(26)29-14-21(25)23-18-9-8-17-5-4-12-24(20(17)13-18)30(27,28)19-10-6-16(3)7-11-19/h6-11,13,15H,4-5,12,14H2,1-3H3,(H,23,25). The van der Waals surface area contributed by atoms with Crippen molar-refractivity contribution in [3.63, 3.8) is 0 Å². The van der Waals surface area contributed by atoms with Crippen LogP contribution in [0.2, 0.25) is 0 Å². The first kappa shape index (κ1) is 21.8. The zero-order valence-corrected chi connectivity index (χ0v) is 18.2. The molecule has 2 aromatic carbocycles. The molecule has 0 saturated carbocycles. The van der Waals surface area contributed by atoms with Gasteiger partial charge in [-0.05, 0) is 49.6 Å². The number of hydrogen-bond acceptors (Lipinski definition) is 5. The largest absolute Gasteiger partial charge is 0.455 e. The first-order chi connectivity index (χ1) is 14.2. The van der Waals surface area contributed by atoms with Crippen molar-refractivity contribution in [2.24, 2.45) is 5.92 Å². The van der Waals surface area contributed by atoms with Crippen LogP contribution >= 0.6 is 0 Å². The zero-order valence-electron chi connectivity index (χ0n) is 17.3. The summed E-state index contributed by atoms with van der Waals surface area (Å²) in [6.45, 7) is 5.26. The van der Waals surface area contributed by atoms with Crippen LogP contribution in [0.15, 0.2) is 47.4 Å². The molecule has 1 amide bonds. The lowest BCUT2D eigenvalue weighted by Gasteiger charge is -2.31. The van der Waals surface area contributed by atoms with Gasteiger partial charge in [0.2, 0.25) is 0 Å². The van der Waals surface area contributed by atoms with Crippen LogP contribution in [0.3, 0.4) is 0 Å². The Kier molecular flexibility index (Phi) is 6.45. The lowest BCUT2D eigenvalue weighted by Crippen LogP contribution is -2.35. The Bertz CT molecular complexity index is 1050. The van der Waals surface area contributed by atoms with Gasteiger partial charge in [-0.1, -0.05) is 37.6 Å². The molecule has 1 N–H and O–H groups in total. The number of ether oxygens (including phenoxy) is 1. The Hall–Kier alpha value is -2.87. The van der Waals surface area contributed by atoms with Crippen LogP contribution in [0.4, 0.5) is 11.4 Å². The Morgan fingerprint density at radius 1 is 1.13 bits per heavy atom. The minimum atomic E-state index is -3.72. The van der Waals surface area contributed by atoms with Crippen LogP contribution < -0.4 is 9.62 Å².